The molecule has 0 amide bonds. The Hall–Kier alpha value is -0.860. The quantitative estimate of drug-likeness (QED) is 0.653. The second-order valence-electron chi connectivity index (χ2n) is 3.09. The number of hydrogen-bond donors (Lipinski definition) is 0. The highest BCUT2D eigenvalue weighted by atomic mass is 79.9. The monoisotopic (exact) mass is 284 g/mol. The van der Waals surface area contributed by atoms with Crippen molar-refractivity contribution in [3.05, 3.63) is 57.8 Å². The van der Waals surface area contributed by atoms with Gasteiger partial charge in [-0.25, -0.2) is 4.39 Å². The van der Waals surface area contributed by atoms with Gasteiger partial charge in [-0.1, -0.05) is 48.0 Å². The summed E-state index contributed by atoms with van der Waals surface area (Å²) in [6.07, 6.45) is 0. The third kappa shape index (κ3) is 2.06. The number of benzene rings is 2. The van der Waals surface area contributed by atoms with E-state index in [2.05, 4.69) is 15.9 Å². The molecule has 15 heavy (non-hydrogen) atoms. The summed E-state index contributed by atoms with van der Waals surface area (Å²) in [6, 6.07) is 12.8. The summed E-state index contributed by atoms with van der Waals surface area (Å²) >= 11 is 8.99. The molecule has 0 saturated carbocycles. The fourth-order valence-corrected chi connectivity index (χ4v) is 1.84. The molecule has 0 aliphatic carbocycles. The predicted molar refractivity (Wildman–Crippen MR) is 64.5 cm³/mol. The van der Waals surface area contributed by atoms with Crippen LogP contribution in [0.1, 0.15) is 0 Å². The van der Waals surface area contributed by atoms with Crippen LogP contribution in [0.25, 0.3) is 11.1 Å². The first-order valence-electron chi connectivity index (χ1n) is 4.39. The molecule has 0 heterocycles. The van der Waals surface area contributed by atoms with Crippen molar-refractivity contribution in [3.63, 3.8) is 0 Å². The maximum Gasteiger partial charge on any atom is 0.150 e. The van der Waals surface area contributed by atoms with E-state index in [4.69, 9.17) is 11.6 Å². The van der Waals surface area contributed by atoms with Crippen LogP contribution < -0.4 is 0 Å². The fourth-order valence-electron chi connectivity index (χ4n) is 1.37. The predicted octanol–water partition coefficient (Wildman–Crippen LogP) is 4.91. The van der Waals surface area contributed by atoms with E-state index in [1.807, 2.05) is 30.3 Å². The largest absolute Gasteiger partial charge is 0.205 e. The second kappa shape index (κ2) is 4.33. The Morgan fingerprint density at radius 2 is 1.67 bits per heavy atom. The molecule has 0 atom stereocenters. The van der Waals surface area contributed by atoms with Gasteiger partial charge < -0.3 is 0 Å². The molecule has 0 aliphatic rings. The SMILES string of the molecule is Fc1c(-c2ccccc2)ccc(Br)c1Cl. The van der Waals surface area contributed by atoms with E-state index in [1.165, 1.54) is 0 Å². The average molecular weight is 286 g/mol. The molecule has 2 aromatic carbocycles. The van der Waals surface area contributed by atoms with Gasteiger partial charge in [0, 0.05) is 10.0 Å². The van der Waals surface area contributed by atoms with Gasteiger partial charge in [0.15, 0.2) is 5.82 Å². The lowest BCUT2D eigenvalue weighted by Gasteiger charge is -2.05. The fraction of sp³-hybridized carbons (Fsp3) is 0. The van der Waals surface area contributed by atoms with E-state index in [0.717, 1.165) is 5.56 Å². The summed E-state index contributed by atoms with van der Waals surface area (Å²) in [7, 11) is 0. The van der Waals surface area contributed by atoms with Crippen molar-refractivity contribution in [3.8, 4) is 11.1 Å². The summed E-state index contributed by atoms with van der Waals surface area (Å²) in [6.45, 7) is 0. The van der Waals surface area contributed by atoms with Crippen LogP contribution in [-0.2, 0) is 0 Å². The van der Waals surface area contributed by atoms with Crippen LogP contribution in [0.15, 0.2) is 46.9 Å². The zero-order valence-corrected chi connectivity index (χ0v) is 10.0. The molecule has 0 nitrogen and oxygen atoms in total. The molecular weight excluding hydrogens is 278 g/mol. The topological polar surface area (TPSA) is 0 Å². The van der Waals surface area contributed by atoms with Gasteiger partial charge in [0.25, 0.3) is 0 Å². The minimum atomic E-state index is -0.391. The van der Waals surface area contributed by atoms with Gasteiger partial charge in [-0.2, -0.15) is 0 Å². The zero-order chi connectivity index (χ0) is 10.8. The Balaban J connectivity index is 2.60. The molecule has 0 saturated heterocycles. The smallest absolute Gasteiger partial charge is 0.150 e. The average Bonchev–Trinajstić information content (AvgIpc) is 2.27. The highest BCUT2D eigenvalue weighted by Crippen LogP contribution is 2.32. The maximum atomic E-state index is 13.8. The van der Waals surface area contributed by atoms with Crippen molar-refractivity contribution >= 4 is 27.5 Å². The van der Waals surface area contributed by atoms with Crippen LogP contribution >= 0.6 is 27.5 Å². The van der Waals surface area contributed by atoms with E-state index < -0.39 is 5.82 Å². The van der Waals surface area contributed by atoms with Gasteiger partial charge in [-0.15, -0.1) is 0 Å². The van der Waals surface area contributed by atoms with Gasteiger partial charge in [0.1, 0.15) is 0 Å². The van der Waals surface area contributed by atoms with Crippen LogP contribution in [0.4, 0.5) is 4.39 Å². The Kier molecular flexibility index (Phi) is 3.08. The van der Waals surface area contributed by atoms with Crippen molar-refractivity contribution in [1.29, 1.82) is 0 Å². The summed E-state index contributed by atoms with van der Waals surface area (Å²) in [4.78, 5) is 0. The van der Waals surface area contributed by atoms with Crippen molar-refractivity contribution in [2.75, 3.05) is 0 Å². The van der Waals surface area contributed by atoms with Gasteiger partial charge in [0.05, 0.1) is 5.02 Å². The van der Waals surface area contributed by atoms with Gasteiger partial charge in [0.2, 0.25) is 0 Å². The van der Waals surface area contributed by atoms with Crippen LogP contribution in [0.5, 0.6) is 0 Å². The van der Waals surface area contributed by atoms with E-state index >= 15 is 0 Å². The van der Waals surface area contributed by atoms with Crippen LogP contribution in [0.3, 0.4) is 0 Å². The van der Waals surface area contributed by atoms with Gasteiger partial charge in [-0.3, -0.25) is 0 Å². The van der Waals surface area contributed by atoms with Crippen molar-refractivity contribution in [2.45, 2.75) is 0 Å². The van der Waals surface area contributed by atoms with E-state index in [0.29, 0.717) is 10.0 Å². The molecule has 0 unspecified atom stereocenters. The molecule has 0 aromatic heterocycles. The first kappa shape index (κ1) is 10.7. The van der Waals surface area contributed by atoms with Crippen LogP contribution in [0.2, 0.25) is 5.02 Å². The summed E-state index contributed by atoms with van der Waals surface area (Å²) < 4.78 is 14.4. The molecule has 3 heteroatoms. The summed E-state index contributed by atoms with van der Waals surface area (Å²) in [5.74, 6) is -0.391. The lowest BCUT2D eigenvalue weighted by atomic mass is 10.1. The third-order valence-corrected chi connectivity index (χ3v) is 3.38. The first-order valence-corrected chi connectivity index (χ1v) is 5.56. The standard InChI is InChI=1S/C12H7BrClF/c13-10-7-6-9(12(15)11(10)14)8-4-2-1-3-5-8/h1-7H. The number of hydrogen-bond acceptors (Lipinski definition) is 0. The van der Waals surface area contributed by atoms with E-state index in [1.54, 1.807) is 12.1 Å². The van der Waals surface area contributed by atoms with Gasteiger partial charge >= 0.3 is 0 Å². The van der Waals surface area contributed by atoms with E-state index in [9.17, 15) is 4.39 Å². The maximum absolute atomic E-state index is 13.8. The highest BCUT2D eigenvalue weighted by Gasteiger charge is 2.10. The van der Waals surface area contributed by atoms with Crippen molar-refractivity contribution in [2.24, 2.45) is 0 Å². The molecule has 2 aromatic rings. The Morgan fingerprint density at radius 1 is 1.00 bits per heavy atom. The zero-order valence-electron chi connectivity index (χ0n) is 7.68. The molecule has 0 aliphatic heterocycles. The number of halogens is 3. The molecule has 2 rings (SSSR count). The lowest BCUT2D eigenvalue weighted by molar-refractivity contribution is 0.631. The first-order chi connectivity index (χ1) is 7.20. The summed E-state index contributed by atoms with van der Waals surface area (Å²) in [5, 5.41) is 0.122. The summed E-state index contributed by atoms with van der Waals surface area (Å²) in [5.41, 5.74) is 1.34. The molecule has 0 fully saturated rings. The minimum Gasteiger partial charge on any atom is -0.205 e. The highest BCUT2D eigenvalue weighted by molar-refractivity contribution is 9.10. The molecule has 0 N–H and O–H groups in total. The Morgan fingerprint density at radius 3 is 2.33 bits per heavy atom. The minimum absolute atomic E-state index is 0.122. The molecular formula is C12H7BrClF. The van der Waals surface area contributed by atoms with Crippen LogP contribution in [0, 0.1) is 5.82 Å². The molecule has 0 spiro atoms. The third-order valence-electron chi connectivity index (χ3n) is 2.12. The Bertz CT molecular complexity index is 482. The lowest BCUT2D eigenvalue weighted by Crippen LogP contribution is -1.86. The van der Waals surface area contributed by atoms with E-state index in [-0.39, 0.29) is 5.02 Å². The molecule has 0 radical (unpaired) electrons. The molecule has 0 bridgehead atoms. The number of rotatable bonds is 1. The Labute approximate surface area is 101 Å². The second-order valence-corrected chi connectivity index (χ2v) is 4.32. The van der Waals surface area contributed by atoms with Crippen molar-refractivity contribution < 1.29 is 4.39 Å². The van der Waals surface area contributed by atoms with Crippen molar-refractivity contribution in [1.82, 2.24) is 0 Å². The van der Waals surface area contributed by atoms with Crippen LogP contribution in [-0.4, -0.2) is 0 Å². The van der Waals surface area contributed by atoms with Gasteiger partial charge in [-0.05, 0) is 27.6 Å². The normalized spacial score (nSPS) is 10.3. The molecule has 76 valence electrons.